The average molecular weight is 267 g/mol. The van der Waals surface area contributed by atoms with Gasteiger partial charge in [-0.15, -0.1) is 10.2 Å². The van der Waals surface area contributed by atoms with Crippen LogP contribution in [0.3, 0.4) is 0 Å². The Hall–Kier alpha value is -1.95. The van der Waals surface area contributed by atoms with E-state index < -0.39 is 0 Å². The van der Waals surface area contributed by atoms with Gasteiger partial charge in [-0.3, -0.25) is 0 Å². The Morgan fingerprint density at radius 3 is 2.44 bits per heavy atom. The van der Waals surface area contributed by atoms with Gasteiger partial charge in [-0.25, -0.2) is 4.98 Å². The lowest BCUT2D eigenvalue weighted by atomic mass is 10.4. The zero-order valence-corrected chi connectivity index (χ0v) is 10.7. The van der Waals surface area contributed by atoms with Crippen LogP contribution in [0.4, 0.5) is 0 Å². The van der Waals surface area contributed by atoms with Crippen LogP contribution in [0, 0.1) is 6.92 Å². The van der Waals surface area contributed by atoms with E-state index in [0.29, 0.717) is 29.9 Å². The molecule has 2 aromatic heterocycles. The number of aryl methyl sites for hydroxylation is 1. The number of ether oxygens (including phenoxy) is 2. The minimum absolute atomic E-state index is 0.129. The second-order valence-corrected chi connectivity index (χ2v) is 3.70. The number of aromatic nitrogens is 4. The van der Waals surface area contributed by atoms with Crippen molar-refractivity contribution in [3.8, 4) is 17.6 Å². The average Bonchev–Trinajstić information content (AvgIpc) is 2.31. The molecule has 2 rings (SSSR count). The summed E-state index contributed by atoms with van der Waals surface area (Å²) in [5.41, 5.74) is 0.712. The molecule has 18 heavy (non-hydrogen) atoms. The van der Waals surface area contributed by atoms with Crippen molar-refractivity contribution in [2.24, 2.45) is 0 Å². The summed E-state index contributed by atoms with van der Waals surface area (Å²) in [5.74, 6) is 1.08. The fraction of sp³-hybridized carbons (Fsp3) is 0.273. The first-order valence-electron chi connectivity index (χ1n) is 5.33. The number of hydrogen-bond donors (Lipinski definition) is 0. The lowest BCUT2D eigenvalue weighted by Gasteiger charge is -2.05. The molecule has 6 nitrogen and oxygen atoms in total. The molecule has 0 spiro atoms. The van der Waals surface area contributed by atoms with Crippen LogP contribution in [0.5, 0.6) is 17.6 Å². The van der Waals surface area contributed by atoms with Gasteiger partial charge in [0.05, 0.1) is 6.61 Å². The molecule has 0 atom stereocenters. The van der Waals surface area contributed by atoms with Gasteiger partial charge >= 0.3 is 0 Å². The fourth-order valence-corrected chi connectivity index (χ4v) is 1.47. The Balaban J connectivity index is 2.13. The molecule has 0 aliphatic heterocycles. The van der Waals surface area contributed by atoms with Crippen molar-refractivity contribution in [2.45, 2.75) is 13.8 Å². The van der Waals surface area contributed by atoms with Crippen molar-refractivity contribution in [2.75, 3.05) is 6.61 Å². The van der Waals surface area contributed by atoms with Gasteiger partial charge in [-0.2, -0.15) is 4.98 Å². The van der Waals surface area contributed by atoms with E-state index in [9.17, 15) is 0 Å². The molecule has 0 amide bonds. The summed E-state index contributed by atoms with van der Waals surface area (Å²) in [7, 11) is 0. The third-order valence-electron chi connectivity index (χ3n) is 1.92. The van der Waals surface area contributed by atoms with Crippen LogP contribution >= 0.6 is 11.6 Å². The topological polar surface area (TPSA) is 70.0 Å². The summed E-state index contributed by atoms with van der Waals surface area (Å²) >= 11 is 5.72. The fourth-order valence-electron chi connectivity index (χ4n) is 1.25. The summed E-state index contributed by atoms with van der Waals surface area (Å²) in [6, 6.07) is 4.97. The molecule has 0 aromatic carbocycles. The molecule has 0 aliphatic rings. The van der Waals surface area contributed by atoms with Gasteiger partial charge in [-0.1, -0.05) is 0 Å². The predicted molar refractivity (Wildman–Crippen MR) is 65.1 cm³/mol. The van der Waals surface area contributed by atoms with E-state index in [1.165, 1.54) is 0 Å². The third kappa shape index (κ3) is 3.27. The van der Waals surface area contributed by atoms with Gasteiger partial charge < -0.3 is 9.47 Å². The van der Waals surface area contributed by atoms with E-state index in [2.05, 4.69) is 20.2 Å². The van der Waals surface area contributed by atoms with Crippen LogP contribution < -0.4 is 9.47 Å². The van der Waals surface area contributed by atoms with Crippen molar-refractivity contribution < 1.29 is 9.47 Å². The normalized spacial score (nSPS) is 10.2. The number of hydrogen-bond acceptors (Lipinski definition) is 6. The third-order valence-corrected chi connectivity index (χ3v) is 2.09. The highest BCUT2D eigenvalue weighted by Crippen LogP contribution is 2.19. The van der Waals surface area contributed by atoms with E-state index >= 15 is 0 Å². The van der Waals surface area contributed by atoms with E-state index in [1.807, 2.05) is 6.92 Å². The van der Waals surface area contributed by atoms with E-state index in [-0.39, 0.29) is 5.28 Å². The molecular formula is C11H11ClN4O2. The van der Waals surface area contributed by atoms with Gasteiger partial charge in [0.25, 0.3) is 0 Å². The zero-order valence-electron chi connectivity index (χ0n) is 9.92. The zero-order chi connectivity index (χ0) is 13.0. The van der Waals surface area contributed by atoms with Gasteiger partial charge in [0.1, 0.15) is 0 Å². The van der Waals surface area contributed by atoms with Gasteiger partial charge in [0.2, 0.25) is 22.9 Å². The largest absolute Gasteiger partial charge is 0.477 e. The number of rotatable bonds is 4. The molecule has 0 saturated heterocycles. The molecule has 2 heterocycles. The molecule has 7 heteroatoms. The molecule has 0 saturated carbocycles. The molecule has 0 fully saturated rings. The summed E-state index contributed by atoms with van der Waals surface area (Å²) in [4.78, 5) is 7.85. The highest BCUT2D eigenvalue weighted by Gasteiger charge is 2.05. The minimum atomic E-state index is 0.129. The first-order valence-corrected chi connectivity index (χ1v) is 5.70. The lowest BCUT2D eigenvalue weighted by molar-refractivity contribution is 0.319. The maximum atomic E-state index is 5.72. The first-order chi connectivity index (χ1) is 8.67. The van der Waals surface area contributed by atoms with E-state index in [1.54, 1.807) is 25.1 Å². The molecule has 2 aromatic rings. The Morgan fingerprint density at radius 1 is 1.11 bits per heavy atom. The van der Waals surface area contributed by atoms with Crippen LogP contribution in [0.15, 0.2) is 18.2 Å². The summed E-state index contributed by atoms with van der Waals surface area (Å²) in [6.45, 7) is 4.21. The highest BCUT2D eigenvalue weighted by molar-refractivity contribution is 6.28. The highest BCUT2D eigenvalue weighted by atomic mass is 35.5. The van der Waals surface area contributed by atoms with Crippen molar-refractivity contribution in [3.05, 3.63) is 29.2 Å². The number of halogens is 1. The standard InChI is InChI=1S/C11H11ClN4O2/c1-3-17-8-4-5-9(16-15-8)18-10-6-7(2)13-11(12)14-10/h4-6H,3H2,1-2H3. The van der Waals surface area contributed by atoms with Crippen molar-refractivity contribution in [3.63, 3.8) is 0 Å². The van der Waals surface area contributed by atoms with Gasteiger partial charge in [0.15, 0.2) is 0 Å². The smallest absolute Gasteiger partial charge is 0.241 e. The van der Waals surface area contributed by atoms with Crippen molar-refractivity contribution in [1.82, 2.24) is 20.2 Å². The van der Waals surface area contributed by atoms with Gasteiger partial charge in [-0.05, 0) is 25.4 Å². The Labute approximate surface area is 109 Å². The molecule has 94 valence electrons. The molecule has 0 radical (unpaired) electrons. The summed E-state index contributed by atoms with van der Waals surface area (Å²) in [6.07, 6.45) is 0. The maximum absolute atomic E-state index is 5.72. The van der Waals surface area contributed by atoms with Crippen LogP contribution in [-0.2, 0) is 0 Å². The second-order valence-electron chi connectivity index (χ2n) is 3.36. The molecule has 0 bridgehead atoms. The molecule has 0 N–H and O–H groups in total. The quantitative estimate of drug-likeness (QED) is 0.792. The second kappa shape index (κ2) is 5.59. The van der Waals surface area contributed by atoms with Gasteiger partial charge in [0, 0.05) is 23.9 Å². The monoisotopic (exact) mass is 266 g/mol. The number of nitrogens with zero attached hydrogens (tertiary/aromatic N) is 4. The van der Waals surface area contributed by atoms with Crippen LogP contribution in [-0.4, -0.2) is 26.8 Å². The van der Waals surface area contributed by atoms with Crippen LogP contribution in [0.1, 0.15) is 12.6 Å². The Morgan fingerprint density at radius 2 is 1.83 bits per heavy atom. The summed E-state index contributed by atoms with van der Waals surface area (Å²) < 4.78 is 10.6. The maximum Gasteiger partial charge on any atom is 0.241 e. The van der Waals surface area contributed by atoms with Crippen molar-refractivity contribution >= 4 is 11.6 Å². The Kier molecular flexibility index (Phi) is 3.88. The van der Waals surface area contributed by atoms with Crippen LogP contribution in [0.25, 0.3) is 0 Å². The SMILES string of the molecule is CCOc1ccc(Oc2cc(C)nc(Cl)n2)nn1. The minimum Gasteiger partial charge on any atom is -0.477 e. The van der Waals surface area contributed by atoms with Crippen LogP contribution in [0.2, 0.25) is 5.28 Å². The predicted octanol–water partition coefficient (Wildman–Crippen LogP) is 2.42. The van der Waals surface area contributed by atoms with E-state index in [0.717, 1.165) is 0 Å². The molecular weight excluding hydrogens is 256 g/mol. The molecule has 0 aliphatic carbocycles. The first kappa shape index (κ1) is 12.5. The summed E-state index contributed by atoms with van der Waals surface area (Å²) in [5, 5.41) is 7.82. The lowest BCUT2D eigenvalue weighted by Crippen LogP contribution is -1.98. The Bertz CT molecular complexity index is 513. The van der Waals surface area contributed by atoms with E-state index in [4.69, 9.17) is 21.1 Å². The molecule has 0 unspecified atom stereocenters. The van der Waals surface area contributed by atoms with Crippen molar-refractivity contribution in [1.29, 1.82) is 0 Å².